The van der Waals surface area contributed by atoms with Gasteiger partial charge >= 0.3 is 0 Å². The van der Waals surface area contributed by atoms with E-state index in [4.69, 9.17) is 0 Å². The van der Waals surface area contributed by atoms with Crippen LogP contribution in [0.1, 0.15) is 37.7 Å². The monoisotopic (exact) mass is 376 g/mol. The van der Waals surface area contributed by atoms with Gasteiger partial charge in [0.25, 0.3) is 0 Å². The summed E-state index contributed by atoms with van der Waals surface area (Å²) in [6.45, 7) is 1.58. The number of nitrogens with one attached hydrogen (secondary N) is 1. The summed E-state index contributed by atoms with van der Waals surface area (Å²) in [6, 6.07) is 11.7. The van der Waals surface area contributed by atoms with Crippen molar-refractivity contribution in [2.24, 2.45) is 0 Å². The standard InChI is InChI=1S/C22H24N4O2/c27-20-10-9-18(16-6-2-1-3-7-16)19(20)14-21(28)25-17-8-4-13-26(15-17)22-23-11-5-12-24-22/h1-3,5-7,11-12,17H,4,8-10,13-15H2,(H,25,28)/t17-/m0/s1. The summed E-state index contributed by atoms with van der Waals surface area (Å²) in [5.74, 6) is 0.706. The highest BCUT2D eigenvalue weighted by Gasteiger charge is 2.28. The lowest BCUT2D eigenvalue weighted by Crippen LogP contribution is -2.48. The Morgan fingerprint density at radius 1 is 1.11 bits per heavy atom. The number of hydrogen-bond donors (Lipinski definition) is 1. The highest BCUT2D eigenvalue weighted by molar-refractivity contribution is 6.10. The van der Waals surface area contributed by atoms with Crippen LogP contribution in [-0.2, 0) is 9.59 Å². The van der Waals surface area contributed by atoms with Gasteiger partial charge in [-0.3, -0.25) is 9.59 Å². The zero-order valence-corrected chi connectivity index (χ0v) is 15.8. The minimum absolute atomic E-state index is 0.0438. The van der Waals surface area contributed by atoms with Crippen LogP contribution in [0.25, 0.3) is 5.57 Å². The van der Waals surface area contributed by atoms with Crippen molar-refractivity contribution in [3.8, 4) is 0 Å². The van der Waals surface area contributed by atoms with Gasteiger partial charge in [-0.1, -0.05) is 30.3 Å². The first-order chi connectivity index (χ1) is 13.7. The van der Waals surface area contributed by atoms with Crippen molar-refractivity contribution < 1.29 is 9.59 Å². The lowest BCUT2D eigenvalue weighted by atomic mass is 9.99. The number of carbonyl (C=O) groups excluding carboxylic acids is 2. The molecule has 6 nitrogen and oxygen atoms in total. The molecule has 6 heteroatoms. The van der Waals surface area contributed by atoms with E-state index in [1.165, 1.54) is 0 Å². The molecule has 1 N–H and O–H groups in total. The zero-order valence-electron chi connectivity index (χ0n) is 15.8. The van der Waals surface area contributed by atoms with Crippen molar-refractivity contribution in [3.05, 3.63) is 59.9 Å². The number of hydrogen-bond acceptors (Lipinski definition) is 5. The summed E-state index contributed by atoms with van der Waals surface area (Å²) in [6.07, 6.45) is 6.72. The number of anilines is 1. The molecule has 2 aliphatic rings. The lowest BCUT2D eigenvalue weighted by molar-refractivity contribution is -0.123. The molecule has 0 radical (unpaired) electrons. The number of piperidine rings is 1. The van der Waals surface area contributed by atoms with E-state index in [2.05, 4.69) is 20.2 Å². The molecule has 0 unspecified atom stereocenters. The third-order valence-corrected chi connectivity index (χ3v) is 5.38. The average Bonchev–Trinajstić information content (AvgIpc) is 3.09. The second-order valence-electron chi connectivity index (χ2n) is 7.32. The molecule has 28 heavy (non-hydrogen) atoms. The van der Waals surface area contributed by atoms with Gasteiger partial charge in [-0.15, -0.1) is 0 Å². The van der Waals surface area contributed by atoms with Gasteiger partial charge < -0.3 is 10.2 Å². The Labute approximate surface area is 164 Å². The number of benzene rings is 1. The largest absolute Gasteiger partial charge is 0.351 e. The molecule has 1 fully saturated rings. The third kappa shape index (κ3) is 4.11. The van der Waals surface area contributed by atoms with Crippen LogP contribution in [0.15, 0.2) is 54.4 Å². The van der Waals surface area contributed by atoms with Gasteiger partial charge in [0.2, 0.25) is 11.9 Å². The number of ketones is 1. The van der Waals surface area contributed by atoms with E-state index < -0.39 is 0 Å². The molecule has 0 saturated carbocycles. The van der Waals surface area contributed by atoms with Gasteiger partial charge in [0.15, 0.2) is 5.78 Å². The van der Waals surface area contributed by atoms with Crippen LogP contribution in [0.4, 0.5) is 5.95 Å². The van der Waals surface area contributed by atoms with Crippen molar-refractivity contribution >= 4 is 23.2 Å². The molecule has 1 saturated heterocycles. The number of carbonyl (C=O) groups is 2. The molecule has 0 bridgehead atoms. The van der Waals surface area contributed by atoms with Gasteiger partial charge in [-0.05, 0) is 36.5 Å². The summed E-state index contributed by atoms with van der Waals surface area (Å²) in [5.41, 5.74) is 2.73. The SMILES string of the molecule is O=C(CC1=C(c2ccccc2)CCC1=O)N[C@H]1CCCN(c2ncccn2)C1. The first-order valence-corrected chi connectivity index (χ1v) is 9.82. The van der Waals surface area contributed by atoms with E-state index in [1.54, 1.807) is 18.5 Å². The average molecular weight is 376 g/mol. The van der Waals surface area contributed by atoms with Crippen molar-refractivity contribution in [1.82, 2.24) is 15.3 Å². The summed E-state index contributed by atoms with van der Waals surface area (Å²) >= 11 is 0. The van der Waals surface area contributed by atoms with Gasteiger partial charge in [0, 0.05) is 43.5 Å². The van der Waals surface area contributed by atoms with E-state index in [-0.39, 0.29) is 24.2 Å². The molecule has 4 rings (SSSR count). The molecule has 144 valence electrons. The van der Waals surface area contributed by atoms with Gasteiger partial charge in [0.05, 0.1) is 6.42 Å². The quantitative estimate of drug-likeness (QED) is 0.868. The van der Waals surface area contributed by atoms with Gasteiger partial charge in [-0.2, -0.15) is 0 Å². The number of nitrogens with zero attached hydrogens (tertiary/aromatic N) is 3. The molecule has 1 aliphatic heterocycles. The molecule has 2 aromatic rings. The zero-order chi connectivity index (χ0) is 19.3. The maximum atomic E-state index is 12.7. The summed E-state index contributed by atoms with van der Waals surface area (Å²) < 4.78 is 0. The van der Waals surface area contributed by atoms with Crippen molar-refractivity contribution in [1.29, 1.82) is 0 Å². The van der Waals surface area contributed by atoms with Crippen molar-refractivity contribution in [2.75, 3.05) is 18.0 Å². The number of allylic oxidation sites excluding steroid dienone is 1. The molecule has 1 amide bonds. The topological polar surface area (TPSA) is 75.2 Å². The maximum Gasteiger partial charge on any atom is 0.225 e. The molecular formula is C22H24N4O2. The van der Waals surface area contributed by atoms with E-state index in [0.29, 0.717) is 30.9 Å². The minimum Gasteiger partial charge on any atom is -0.351 e. The van der Waals surface area contributed by atoms with Crippen molar-refractivity contribution in [3.63, 3.8) is 0 Å². The predicted octanol–water partition coefficient (Wildman–Crippen LogP) is 2.77. The van der Waals surface area contributed by atoms with Crippen LogP contribution in [0.3, 0.4) is 0 Å². The van der Waals surface area contributed by atoms with Gasteiger partial charge in [0.1, 0.15) is 0 Å². The number of Topliss-reactive ketones (excluding diaryl/α,β-unsaturated/α-hetero) is 1. The van der Waals surface area contributed by atoms with Crippen LogP contribution >= 0.6 is 0 Å². The molecular weight excluding hydrogens is 352 g/mol. The number of amides is 1. The van der Waals surface area contributed by atoms with Crippen molar-refractivity contribution in [2.45, 2.75) is 38.1 Å². The third-order valence-electron chi connectivity index (χ3n) is 5.38. The number of aromatic nitrogens is 2. The number of rotatable bonds is 5. The molecule has 1 atom stereocenters. The van der Waals surface area contributed by atoms with Gasteiger partial charge in [-0.25, -0.2) is 9.97 Å². The highest BCUT2D eigenvalue weighted by atomic mass is 16.2. The Bertz CT molecular complexity index is 880. The Balaban J connectivity index is 1.41. The van der Waals surface area contributed by atoms with Crippen LogP contribution in [-0.4, -0.2) is 40.8 Å². The fourth-order valence-corrected chi connectivity index (χ4v) is 4.04. The van der Waals surface area contributed by atoms with E-state index in [9.17, 15) is 9.59 Å². The second kappa shape index (κ2) is 8.33. The summed E-state index contributed by atoms with van der Waals surface area (Å²) in [4.78, 5) is 35.8. The van der Waals surface area contributed by atoms with Crippen LogP contribution in [0, 0.1) is 0 Å². The first kappa shape index (κ1) is 18.3. The second-order valence-corrected chi connectivity index (χ2v) is 7.32. The van der Waals surface area contributed by atoms with E-state index in [0.717, 1.165) is 30.5 Å². The molecule has 1 aromatic heterocycles. The normalized spacial score (nSPS) is 19.8. The highest BCUT2D eigenvalue weighted by Crippen LogP contribution is 2.33. The molecule has 0 spiro atoms. The fraction of sp³-hybridized carbons (Fsp3) is 0.364. The fourth-order valence-electron chi connectivity index (χ4n) is 4.04. The Hall–Kier alpha value is -3.02. The predicted molar refractivity (Wildman–Crippen MR) is 108 cm³/mol. The van der Waals surface area contributed by atoms with Crippen LogP contribution in [0.2, 0.25) is 0 Å². The van der Waals surface area contributed by atoms with E-state index in [1.807, 2.05) is 30.3 Å². The smallest absolute Gasteiger partial charge is 0.225 e. The molecule has 1 aliphatic carbocycles. The molecule has 1 aromatic carbocycles. The molecule has 2 heterocycles. The Kier molecular flexibility index (Phi) is 5.46. The van der Waals surface area contributed by atoms with Crippen LogP contribution < -0.4 is 10.2 Å². The minimum atomic E-state index is -0.0838. The summed E-state index contributed by atoms with van der Waals surface area (Å²) in [5, 5.41) is 3.12. The summed E-state index contributed by atoms with van der Waals surface area (Å²) in [7, 11) is 0. The lowest BCUT2D eigenvalue weighted by Gasteiger charge is -2.33. The van der Waals surface area contributed by atoms with E-state index >= 15 is 0 Å². The Morgan fingerprint density at radius 3 is 2.68 bits per heavy atom. The first-order valence-electron chi connectivity index (χ1n) is 9.82. The Morgan fingerprint density at radius 2 is 1.89 bits per heavy atom. The van der Waals surface area contributed by atoms with Crippen LogP contribution in [0.5, 0.6) is 0 Å². The maximum absolute atomic E-state index is 12.7.